The first-order valence-electron chi connectivity index (χ1n) is 5.50. The zero-order chi connectivity index (χ0) is 13.8. The average molecular weight is 380 g/mol. The fourth-order valence-electron chi connectivity index (χ4n) is 1.77. The van der Waals surface area contributed by atoms with Gasteiger partial charge in [0.15, 0.2) is 5.79 Å². The van der Waals surface area contributed by atoms with E-state index < -0.39 is 5.79 Å². The molecule has 18 heavy (non-hydrogen) atoms. The molecule has 0 aliphatic rings. The molecular weight excluding hydrogens is 364 g/mol. The molecule has 0 aromatic heterocycles. The van der Waals surface area contributed by atoms with Crippen molar-refractivity contribution < 1.29 is 14.3 Å². The van der Waals surface area contributed by atoms with Gasteiger partial charge in [-0.25, -0.2) is 0 Å². The Morgan fingerprint density at radius 3 is 2.39 bits per heavy atom. The van der Waals surface area contributed by atoms with Gasteiger partial charge in [0.1, 0.15) is 5.78 Å². The van der Waals surface area contributed by atoms with Crippen molar-refractivity contribution in [1.29, 1.82) is 0 Å². The van der Waals surface area contributed by atoms with Crippen molar-refractivity contribution in [1.82, 2.24) is 0 Å². The summed E-state index contributed by atoms with van der Waals surface area (Å²) < 4.78 is 12.9. The summed E-state index contributed by atoms with van der Waals surface area (Å²) in [6, 6.07) is 5.77. The molecule has 0 saturated heterocycles. The molecule has 0 radical (unpaired) electrons. The highest BCUT2D eigenvalue weighted by Gasteiger charge is 2.34. The van der Waals surface area contributed by atoms with Crippen LogP contribution in [0.1, 0.15) is 25.3 Å². The molecule has 0 fully saturated rings. The van der Waals surface area contributed by atoms with Gasteiger partial charge in [-0.3, -0.25) is 0 Å². The molecule has 5 heteroatoms. The number of ether oxygens (including phenoxy) is 2. The summed E-state index contributed by atoms with van der Waals surface area (Å²) >= 11 is 6.92. The zero-order valence-corrected chi connectivity index (χ0v) is 13.8. The summed E-state index contributed by atoms with van der Waals surface area (Å²) in [5.41, 5.74) is 0.864. The van der Waals surface area contributed by atoms with Crippen LogP contribution in [0, 0.1) is 0 Å². The summed E-state index contributed by atoms with van der Waals surface area (Å²) in [6.07, 6.45) is 0.880. The molecule has 0 saturated carbocycles. The maximum absolute atomic E-state index is 11.2. The van der Waals surface area contributed by atoms with Crippen LogP contribution in [0.15, 0.2) is 27.1 Å². The van der Waals surface area contributed by atoms with Gasteiger partial charge >= 0.3 is 0 Å². The van der Waals surface area contributed by atoms with E-state index in [1.807, 2.05) is 18.2 Å². The first-order valence-corrected chi connectivity index (χ1v) is 7.09. The first kappa shape index (κ1) is 15.8. The molecule has 100 valence electrons. The number of carbonyl (C=O) groups excluding carboxylic acids is 1. The molecule has 0 atom stereocenters. The number of hydrogen-bond acceptors (Lipinski definition) is 3. The van der Waals surface area contributed by atoms with Crippen molar-refractivity contribution in [3.63, 3.8) is 0 Å². The number of methoxy groups -OCH3 is 2. The lowest BCUT2D eigenvalue weighted by molar-refractivity contribution is -0.221. The summed E-state index contributed by atoms with van der Waals surface area (Å²) in [6.45, 7) is 1.56. The Labute approximate surface area is 124 Å². The van der Waals surface area contributed by atoms with E-state index in [1.54, 1.807) is 21.1 Å². The fourth-order valence-corrected chi connectivity index (χ4v) is 2.68. The average Bonchev–Trinajstić information content (AvgIpc) is 2.35. The van der Waals surface area contributed by atoms with Crippen LogP contribution in [-0.4, -0.2) is 20.0 Å². The normalized spacial score (nSPS) is 11.6. The maximum atomic E-state index is 11.2. The van der Waals surface area contributed by atoms with Crippen LogP contribution >= 0.6 is 31.9 Å². The Bertz CT molecular complexity index is 428. The lowest BCUT2D eigenvalue weighted by Gasteiger charge is -2.32. The number of halogens is 2. The molecule has 3 nitrogen and oxygen atoms in total. The van der Waals surface area contributed by atoms with Gasteiger partial charge in [0, 0.05) is 41.6 Å². The van der Waals surface area contributed by atoms with Crippen molar-refractivity contribution in [3.05, 3.63) is 32.7 Å². The summed E-state index contributed by atoms with van der Waals surface area (Å²) in [4.78, 5) is 11.2. The van der Waals surface area contributed by atoms with E-state index in [2.05, 4.69) is 31.9 Å². The van der Waals surface area contributed by atoms with Crippen LogP contribution in [-0.2, 0) is 20.1 Å². The number of rotatable bonds is 6. The number of carbonyl (C=O) groups is 1. The van der Waals surface area contributed by atoms with E-state index in [0.29, 0.717) is 12.8 Å². The van der Waals surface area contributed by atoms with Crippen LogP contribution in [0.5, 0.6) is 0 Å². The second-order valence-electron chi connectivity index (χ2n) is 3.99. The predicted molar refractivity (Wildman–Crippen MR) is 77.5 cm³/mol. The topological polar surface area (TPSA) is 35.5 Å². The van der Waals surface area contributed by atoms with Gasteiger partial charge in [-0.2, -0.15) is 0 Å². The minimum absolute atomic E-state index is 0.111. The van der Waals surface area contributed by atoms with Crippen LogP contribution in [0.4, 0.5) is 0 Å². The fraction of sp³-hybridized carbons (Fsp3) is 0.462. The molecule has 0 N–H and O–H groups in total. The minimum Gasteiger partial charge on any atom is -0.349 e. The standard InChI is InChI=1S/C13H16Br2O3/c1-9(16)6-7-13(17-2,18-3)11-8-10(14)4-5-12(11)15/h4-5,8H,6-7H2,1-3H3. The third-order valence-corrected chi connectivity index (χ3v) is 3.99. The molecule has 0 amide bonds. The van der Waals surface area contributed by atoms with Crippen molar-refractivity contribution >= 4 is 37.6 Å². The van der Waals surface area contributed by atoms with E-state index in [1.165, 1.54) is 0 Å². The van der Waals surface area contributed by atoms with Gasteiger partial charge in [0.25, 0.3) is 0 Å². The van der Waals surface area contributed by atoms with Crippen molar-refractivity contribution in [2.45, 2.75) is 25.6 Å². The number of ketones is 1. The Morgan fingerprint density at radius 1 is 1.28 bits per heavy atom. The molecule has 0 aliphatic carbocycles. The van der Waals surface area contributed by atoms with Crippen molar-refractivity contribution in [2.24, 2.45) is 0 Å². The zero-order valence-electron chi connectivity index (χ0n) is 10.6. The van der Waals surface area contributed by atoms with Crippen LogP contribution < -0.4 is 0 Å². The largest absolute Gasteiger partial charge is 0.349 e. The SMILES string of the molecule is COC(CCC(C)=O)(OC)c1cc(Br)ccc1Br. The van der Waals surface area contributed by atoms with Crippen molar-refractivity contribution in [3.8, 4) is 0 Å². The quantitative estimate of drug-likeness (QED) is 0.700. The van der Waals surface area contributed by atoms with Crippen LogP contribution in [0.25, 0.3) is 0 Å². The van der Waals surface area contributed by atoms with Gasteiger partial charge in [-0.1, -0.05) is 31.9 Å². The third-order valence-electron chi connectivity index (χ3n) is 2.80. The predicted octanol–water partition coefficient (Wildman–Crippen LogP) is 4.03. The molecule has 0 spiro atoms. The summed E-state index contributed by atoms with van der Waals surface area (Å²) in [5, 5.41) is 0. The minimum atomic E-state index is -0.908. The monoisotopic (exact) mass is 378 g/mol. The lowest BCUT2D eigenvalue weighted by Crippen LogP contribution is -2.32. The smallest absolute Gasteiger partial charge is 0.195 e. The van der Waals surface area contributed by atoms with E-state index in [4.69, 9.17) is 9.47 Å². The number of hydrogen-bond donors (Lipinski definition) is 0. The molecule has 0 heterocycles. The Balaban J connectivity index is 3.16. The Kier molecular flexibility index (Phi) is 5.98. The number of benzene rings is 1. The highest BCUT2D eigenvalue weighted by Crippen LogP contribution is 2.37. The van der Waals surface area contributed by atoms with Gasteiger partial charge in [-0.15, -0.1) is 0 Å². The second-order valence-corrected chi connectivity index (χ2v) is 5.76. The van der Waals surface area contributed by atoms with Gasteiger partial charge in [0.2, 0.25) is 0 Å². The molecule has 1 aromatic rings. The van der Waals surface area contributed by atoms with E-state index >= 15 is 0 Å². The molecule has 0 unspecified atom stereocenters. The molecule has 1 aromatic carbocycles. The molecule has 0 aliphatic heterocycles. The molecular formula is C13H16Br2O3. The summed E-state index contributed by atoms with van der Waals surface area (Å²) in [7, 11) is 3.16. The first-order chi connectivity index (χ1) is 8.45. The summed E-state index contributed by atoms with van der Waals surface area (Å²) in [5.74, 6) is -0.798. The van der Waals surface area contributed by atoms with Gasteiger partial charge < -0.3 is 14.3 Å². The van der Waals surface area contributed by atoms with Crippen molar-refractivity contribution in [2.75, 3.05) is 14.2 Å². The van der Waals surface area contributed by atoms with Crippen LogP contribution in [0.3, 0.4) is 0 Å². The van der Waals surface area contributed by atoms with Crippen LogP contribution in [0.2, 0.25) is 0 Å². The third kappa shape index (κ3) is 3.63. The highest BCUT2D eigenvalue weighted by atomic mass is 79.9. The molecule has 0 bridgehead atoms. The van der Waals surface area contributed by atoms with Gasteiger partial charge in [-0.05, 0) is 25.1 Å². The van der Waals surface area contributed by atoms with E-state index in [9.17, 15) is 4.79 Å². The lowest BCUT2D eigenvalue weighted by atomic mass is 9.99. The maximum Gasteiger partial charge on any atom is 0.195 e. The Morgan fingerprint density at radius 2 is 1.89 bits per heavy atom. The number of Topliss-reactive ketones (excluding diaryl/α,β-unsaturated/α-hetero) is 1. The van der Waals surface area contributed by atoms with Gasteiger partial charge in [0.05, 0.1) is 0 Å². The van der Waals surface area contributed by atoms with E-state index in [-0.39, 0.29) is 5.78 Å². The van der Waals surface area contributed by atoms with E-state index in [0.717, 1.165) is 14.5 Å². The highest BCUT2D eigenvalue weighted by molar-refractivity contribution is 9.11. The second kappa shape index (κ2) is 6.80. The molecule has 1 rings (SSSR count). The Hall–Kier alpha value is -0.230.